The molecule has 0 unspecified atom stereocenters. The minimum absolute atomic E-state index is 0.0265. The van der Waals surface area contributed by atoms with Gasteiger partial charge in [-0.1, -0.05) is 11.3 Å². The Bertz CT molecular complexity index is 1410. The lowest BCUT2D eigenvalue weighted by molar-refractivity contribution is 0.450. The van der Waals surface area contributed by atoms with Crippen LogP contribution in [0, 0.1) is 0 Å². The van der Waals surface area contributed by atoms with Crippen molar-refractivity contribution < 1.29 is 20.4 Å². The highest BCUT2D eigenvalue weighted by atomic mass is 32.1. The third kappa shape index (κ3) is 3.07. The molecule has 0 aliphatic carbocycles. The van der Waals surface area contributed by atoms with Crippen LogP contribution in [0.15, 0.2) is 54.6 Å². The van der Waals surface area contributed by atoms with Crippen LogP contribution in [0.3, 0.4) is 0 Å². The van der Waals surface area contributed by atoms with Gasteiger partial charge in [-0.15, -0.1) is 10.2 Å². The normalized spacial score (nSPS) is 11.2. The smallest absolute Gasteiger partial charge is 0.151 e. The van der Waals surface area contributed by atoms with Gasteiger partial charge in [0, 0.05) is 17.7 Å². The Hall–Kier alpha value is -4.11. The van der Waals surface area contributed by atoms with E-state index in [0.29, 0.717) is 32.5 Å². The van der Waals surface area contributed by atoms with Crippen molar-refractivity contribution in [3.63, 3.8) is 0 Å². The first-order valence-corrected chi connectivity index (χ1v) is 9.68. The molecule has 5 aromatic rings. The van der Waals surface area contributed by atoms with Gasteiger partial charge in [0.05, 0.1) is 22.2 Å². The highest BCUT2D eigenvalue weighted by Gasteiger charge is 2.15. The molecule has 0 fully saturated rings. The summed E-state index contributed by atoms with van der Waals surface area (Å²) >= 11 is 1.31. The molecule has 5 N–H and O–H groups in total. The van der Waals surface area contributed by atoms with Crippen molar-refractivity contribution >= 4 is 22.4 Å². The second-order valence-corrected chi connectivity index (χ2v) is 7.61. The zero-order valence-electron chi connectivity index (χ0n) is 15.2. The Morgan fingerprint density at radius 1 is 0.700 bits per heavy atom. The molecule has 9 heteroatoms. The average molecular weight is 418 g/mol. The molecule has 8 nitrogen and oxygen atoms in total. The van der Waals surface area contributed by atoms with E-state index in [4.69, 9.17) is 0 Å². The number of aromatic amines is 1. The van der Waals surface area contributed by atoms with Crippen molar-refractivity contribution in [1.82, 2.24) is 20.2 Å². The van der Waals surface area contributed by atoms with Gasteiger partial charge in [0.1, 0.15) is 33.8 Å². The molecule has 0 saturated carbocycles. The summed E-state index contributed by atoms with van der Waals surface area (Å²) < 4.78 is 0. The molecule has 0 aliphatic rings. The maximum absolute atomic E-state index is 10.1. The van der Waals surface area contributed by atoms with E-state index in [9.17, 15) is 20.4 Å². The van der Waals surface area contributed by atoms with E-state index in [0.717, 1.165) is 11.1 Å². The quantitative estimate of drug-likeness (QED) is 0.296. The molecular weight excluding hydrogens is 404 g/mol. The van der Waals surface area contributed by atoms with Gasteiger partial charge in [-0.05, 0) is 42.5 Å². The number of hydrogen-bond acceptors (Lipinski definition) is 8. The zero-order valence-corrected chi connectivity index (χ0v) is 16.1. The van der Waals surface area contributed by atoms with Crippen LogP contribution in [0.5, 0.6) is 23.0 Å². The van der Waals surface area contributed by atoms with Crippen LogP contribution in [0.4, 0.5) is 0 Å². The summed E-state index contributed by atoms with van der Waals surface area (Å²) in [6.45, 7) is 0. The Kier molecular flexibility index (Phi) is 4.04. The van der Waals surface area contributed by atoms with E-state index in [2.05, 4.69) is 20.2 Å². The SMILES string of the molecule is Oc1ccc(-c2nc3ccc(-c4nnc(-c5ccc(O)cc5O)s4)cc3[nH]2)c(O)c1. The molecule has 2 aromatic heterocycles. The van der Waals surface area contributed by atoms with Gasteiger partial charge >= 0.3 is 0 Å². The van der Waals surface area contributed by atoms with E-state index < -0.39 is 0 Å². The van der Waals surface area contributed by atoms with Crippen LogP contribution < -0.4 is 0 Å². The summed E-state index contributed by atoms with van der Waals surface area (Å²) in [4.78, 5) is 7.67. The lowest BCUT2D eigenvalue weighted by Crippen LogP contribution is -1.81. The van der Waals surface area contributed by atoms with E-state index in [-0.39, 0.29) is 23.0 Å². The summed E-state index contributed by atoms with van der Waals surface area (Å²) in [5.41, 5.74) is 3.24. The van der Waals surface area contributed by atoms with Crippen LogP contribution in [-0.2, 0) is 0 Å². The molecule has 5 rings (SSSR count). The molecule has 0 spiro atoms. The largest absolute Gasteiger partial charge is 0.508 e. The van der Waals surface area contributed by atoms with Gasteiger partial charge < -0.3 is 25.4 Å². The van der Waals surface area contributed by atoms with Crippen molar-refractivity contribution in [2.24, 2.45) is 0 Å². The minimum Gasteiger partial charge on any atom is -0.508 e. The number of benzene rings is 3. The number of rotatable bonds is 3. The molecule has 0 atom stereocenters. The number of phenolic OH excluding ortho intramolecular Hbond substituents is 4. The summed E-state index contributed by atoms with van der Waals surface area (Å²) in [6.07, 6.45) is 0. The predicted octanol–water partition coefficient (Wildman–Crippen LogP) is 4.24. The number of phenols is 4. The van der Waals surface area contributed by atoms with E-state index >= 15 is 0 Å². The predicted molar refractivity (Wildman–Crippen MR) is 113 cm³/mol. The van der Waals surface area contributed by atoms with Gasteiger partial charge in [-0.2, -0.15) is 0 Å². The van der Waals surface area contributed by atoms with E-state index in [1.54, 1.807) is 12.1 Å². The lowest BCUT2D eigenvalue weighted by atomic mass is 10.2. The van der Waals surface area contributed by atoms with Crippen molar-refractivity contribution in [2.45, 2.75) is 0 Å². The Balaban J connectivity index is 1.52. The lowest BCUT2D eigenvalue weighted by Gasteiger charge is -2.01. The Labute approximate surface area is 173 Å². The summed E-state index contributed by atoms with van der Waals surface area (Å²) in [5, 5.41) is 48.6. The van der Waals surface area contributed by atoms with Gasteiger partial charge in [-0.3, -0.25) is 0 Å². The van der Waals surface area contributed by atoms with E-state index in [1.807, 2.05) is 18.2 Å². The average Bonchev–Trinajstić information content (AvgIpc) is 3.34. The fourth-order valence-corrected chi connectivity index (χ4v) is 4.01. The van der Waals surface area contributed by atoms with Crippen molar-refractivity contribution in [3.8, 4) is 55.5 Å². The Morgan fingerprint density at radius 3 is 2.07 bits per heavy atom. The molecule has 0 radical (unpaired) electrons. The van der Waals surface area contributed by atoms with Gasteiger partial charge in [-0.25, -0.2) is 4.98 Å². The van der Waals surface area contributed by atoms with Gasteiger partial charge in [0.25, 0.3) is 0 Å². The molecule has 148 valence electrons. The summed E-state index contributed by atoms with van der Waals surface area (Å²) in [6, 6.07) is 14.2. The Morgan fingerprint density at radius 2 is 1.37 bits per heavy atom. The number of fused-ring (bicyclic) bond motifs is 1. The zero-order chi connectivity index (χ0) is 20.8. The van der Waals surface area contributed by atoms with Crippen molar-refractivity contribution in [1.29, 1.82) is 0 Å². The number of nitrogens with zero attached hydrogens (tertiary/aromatic N) is 3. The fourth-order valence-electron chi connectivity index (χ4n) is 3.14. The first kappa shape index (κ1) is 18.0. The minimum atomic E-state index is -0.0725. The number of H-pyrrole nitrogens is 1. The summed E-state index contributed by atoms with van der Waals surface area (Å²) in [5.74, 6) is 0.283. The third-order valence-corrected chi connectivity index (χ3v) is 5.61. The molecule has 30 heavy (non-hydrogen) atoms. The van der Waals surface area contributed by atoms with E-state index in [1.165, 1.54) is 35.6 Å². The molecule has 2 heterocycles. The second kappa shape index (κ2) is 6.75. The first-order valence-electron chi connectivity index (χ1n) is 8.86. The van der Waals surface area contributed by atoms with Crippen LogP contribution in [0.2, 0.25) is 0 Å². The van der Waals surface area contributed by atoms with Crippen molar-refractivity contribution in [2.75, 3.05) is 0 Å². The number of aromatic hydroxyl groups is 4. The van der Waals surface area contributed by atoms with Gasteiger partial charge in [0.2, 0.25) is 0 Å². The second-order valence-electron chi connectivity index (χ2n) is 6.63. The standard InChI is InChI=1S/C21H14N4O4S/c26-11-2-4-13(17(28)8-11)19-22-15-6-1-10(7-16(15)23-19)20-24-25-21(30-20)14-5-3-12(27)9-18(14)29/h1-9,26-29H,(H,22,23). The number of imidazole rings is 1. The monoisotopic (exact) mass is 418 g/mol. The molecular formula is C21H14N4O4S. The van der Waals surface area contributed by atoms with Crippen molar-refractivity contribution in [3.05, 3.63) is 54.6 Å². The number of nitrogens with one attached hydrogen (secondary N) is 1. The van der Waals surface area contributed by atoms with Crippen LogP contribution in [-0.4, -0.2) is 40.6 Å². The highest BCUT2D eigenvalue weighted by Crippen LogP contribution is 2.37. The molecule has 0 amide bonds. The highest BCUT2D eigenvalue weighted by molar-refractivity contribution is 7.18. The molecule has 0 aliphatic heterocycles. The van der Waals surface area contributed by atoms with Crippen LogP contribution in [0.1, 0.15) is 0 Å². The van der Waals surface area contributed by atoms with Crippen LogP contribution >= 0.6 is 11.3 Å². The number of hydrogen-bond donors (Lipinski definition) is 5. The number of aromatic nitrogens is 4. The maximum Gasteiger partial charge on any atom is 0.151 e. The first-order chi connectivity index (χ1) is 14.5. The molecule has 0 saturated heterocycles. The summed E-state index contributed by atoms with van der Waals surface area (Å²) in [7, 11) is 0. The maximum atomic E-state index is 10.1. The van der Waals surface area contributed by atoms with Crippen LogP contribution in [0.25, 0.3) is 43.6 Å². The molecule has 3 aromatic carbocycles. The molecule has 0 bridgehead atoms. The van der Waals surface area contributed by atoms with Gasteiger partial charge in [0.15, 0.2) is 5.01 Å². The fraction of sp³-hybridized carbons (Fsp3) is 0. The topological polar surface area (TPSA) is 135 Å². The third-order valence-electron chi connectivity index (χ3n) is 4.60.